The number of hydroxylamine groups is 1. The Kier molecular flexibility index (Phi) is 3.42. The molecule has 0 saturated carbocycles. The third-order valence-electron chi connectivity index (χ3n) is 3.15. The van der Waals surface area contributed by atoms with Crippen molar-refractivity contribution in [3.8, 4) is 11.5 Å². The first-order valence-electron chi connectivity index (χ1n) is 6.44. The van der Waals surface area contributed by atoms with E-state index in [1.54, 1.807) is 17.2 Å². The van der Waals surface area contributed by atoms with Crippen LogP contribution < -0.4 is 20.4 Å². The van der Waals surface area contributed by atoms with Gasteiger partial charge in [0.05, 0.1) is 17.9 Å². The van der Waals surface area contributed by atoms with Crippen molar-refractivity contribution >= 4 is 17.3 Å². The van der Waals surface area contributed by atoms with Gasteiger partial charge in [-0.15, -0.1) is 0 Å². The van der Waals surface area contributed by atoms with E-state index in [1.807, 2.05) is 37.3 Å². The van der Waals surface area contributed by atoms with Crippen LogP contribution in [0.4, 0.5) is 5.69 Å². The molecule has 0 amide bonds. The van der Waals surface area contributed by atoms with Crippen LogP contribution in [0.25, 0.3) is 0 Å². The van der Waals surface area contributed by atoms with Crippen molar-refractivity contribution in [2.75, 3.05) is 11.7 Å². The number of hydrogen-bond acceptors (Lipinski definition) is 4. The van der Waals surface area contributed by atoms with Gasteiger partial charge in [-0.2, -0.15) is 5.06 Å². The Morgan fingerprint density at radius 3 is 2.70 bits per heavy atom. The Labute approximate surface area is 122 Å². The van der Waals surface area contributed by atoms with Crippen molar-refractivity contribution in [3.63, 3.8) is 0 Å². The second-order valence-electron chi connectivity index (χ2n) is 4.44. The number of halogens is 1. The number of hydrogen-bond donors (Lipinski definition) is 1. The second kappa shape index (κ2) is 5.23. The molecule has 0 spiro atoms. The van der Waals surface area contributed by atoms with Crippen LogP contribution in [0.2, 0.25) is 5.02 Å². The smallest absolute Gasteiger partial charge is 0.165 e. The molecule has 1 atom stereocenters. The third kappa shape index (κ3) is 2.17. The van der Waals surface area contributed by atoms with Crippen molar-refractivity contribution in [2.24, 2.45) is 5.73 Å². The molecule has 0 bridgehead atoms. The molecule has 0 radical (unpaired) electrons. The first kappa shape index (κ1) is 13.1. The van der Waals surface area contributed by atoms with Gasteiger partial charge >= 0.3 is 0 Å². The normalized spacial score (nSPS) is 16.8. The predicted octanol–water partition coefficient (Wildman–Crippen LogP) is 3.51. The number of anilines is 1. The Balaban J connectivity index is 1.96. The first-order chi connectivity index (χ1) is 9.70. The fourth-order valence-corrected chi connectivity index (χ4v) is 2.38. The van der Waals surface area contributed by atoms with Crippen LogP contribution in [-0.4, -0.2) is 6.61 Å². The maximum absolute atomic E-state index is 6.28. The molecule has 0 saturated heterocycles. The van der Waals surface area contributed by atoms with E-state index in [1.165, 1.54) is 0 Å². The molecule has 0 fully saturated rings. The molecule has 20 heavy (non-hydrogen) atoms. The van der Waals surface area contributed by atoms with E-state index in [-0.39, 0.29) is 0 Å². The summed E-state index contributed by atoms with van der Waals surface area (Å²) in [5.74, 6) is 1.48. The van der Waals surface area contributed by atoms with Crippen LogP contribution >= 0.6 is 11.6 Å². The maximum atomic E-state index is 6.28. The highest BCUT2D eigenvalue weighted by atomic mass is 35.5. The molecule has 2 aromatic rings. The minimum Gasteiger partial charge on any atom is -0.493 e. The van der Waals surface area contributed by atoms with Crippen LogP contribution in [0.3, 0.4) is 0 Å². The molecule has 4 nitrogen and oxygen atoms in total. The zero-order chi connectivity index (χ0) is 14.1. The lowest BCUT2D eigenvalue weighted by molar-refractivity contribution is 0.283. The third-order valence-corrected chi connectivity index (χ3v) is 3.40. The minimum absolute atomic E-state index is 0.408. The Morgan fingerprint density at radius 1 is 1.25 bits per heavy atom. The molecule has 1 heterocycles. The summed E-state index contributed by atoms with van der Waals surface area (Å²) in [4.78, 5) is 5.82. The topological polar surface area (TPSA) is 47.7 Å². The van der Waals surface area contributed by atoms with E-state index < -0.39 is 6.17 Å². The van der Waals surface area contributed by atoms with Gasteiger partial charge < -0.3 is 15.3 Å². The number of rotatable bonds is 3. The molecule has 5 heteroatoms. The van der Waals surface area contributed by atoms with E-state index >= 15 is 0 Å². The average molecular weight is 291 g/mol. The van der Waals surface area contributed by atoms with Gasteiger partial charge in [-0.05, 0) is 43.3 Å². The van der Waals surface area contributed by atoms with Crippen LogP contribution in [0.1, 0.15) is 18.7 Å². The standard InChI is InChI=1S/C15H15ClN2O2/c1-2-19-12-4-3-5-13-14(12)15(17)18(20-13)11-8-6-10(16)7-9-11/h3-9,15H,2,17H2,1H3. The van der Waals surface area contributed by atoms with Crippen LogP contribution in [0.15, 0.2) is 42.5 Å². The van der Waals surface area contributed by atoms with Gasteiger partial charge in [0.2, 0.25) is 0 Å². The quantitative estimate of drug-likeness (QED) is 0.940. The van der Waals surface area contributed by atoms with Gasteiger partial charge in [-0.25, -0.2) is 0 Å². The molecule has 3 rings (SSSR count). The summed E-state index contributed by atoms with van der Waals surface area (Å²) in [6.07, 6.45) is -0.408. The van der Waals surface area contributed by atoms with E-state index in [9.17, 15) is 0 Å². The number of fused-ring (bicyclic) bond motifs is 1. The predicted molar refractivity (Wildman–Crippen MR) is 79.1 cm³/mol. The number of ether oxygens (including phenoxy) is 1. The summed E-state index contributed by atoms with van der Waals surface area (Å²) in [5.41, 5.74) is 7.99. The fourth-order valence-electron chi connectivity index (χ4n) is 2.26. The van der Waals surface area contributed by atoms with E-state index in [4.69, 9.17) is 26.9 Å². The maximum Gasteiger partial charge on any atom is 0.165 e. The van der Waals surface area contributed by atoms with Gasteiger partial charge in [0.1, 0.15) is 11.9 Å². The van der Waals surface area contributed by atoms with E-state index in [2.05, 4.69) is 0 Å². The summed E-state index contributed by atoms with van der Waals surface area (Å²) < 4.78 is 5.61. The summed E-state index contributed by atoms with van der Waals surface area (Å²) in [5, 5.41) is 2.33. The monoisotopic (exact) mass is 290 g/mol. The lowest BCUT2D eigenvalue weighted by Gasteiger charge is -2.21. The SMILES string of the molecule is CCOc1cccc2c1C(N)N(c1ccc(Cl)cc1)O2. The number of nitrogens with zero attached hydrogens (tertiary/aromatic N) is 1. The zero-order valence-electron chi connectivity index (χ0n) is 11.0. The van der Waals surface area contributed by atoms with Crippen molar-refractivity contribution in [1.29, 1.82) is 0 Å². The van der Waals surface area contributed by atoms with Crippen molar-refractivity contribution in [1.82, 2.24) is 0 Å². The lowest BCUT2D eigenvalue weighted by Crippen LogP contribution is -2.31. The highest BCUT2D eigenvalue weighted by Gasteiger charge is 2.33. The molecular weight excluding hydrogens is 276 g/mol. The number of benzene rings is 2. The van der Waals surface area contributed by atoms with Gasteiger partial charge in [0.15, 0.2) is 5.75 Å². The Morgan fingerprint density at radius 2 is 2.00 bits per heavy atom. The molecule has 0 aromatic heterocycles. The lowest BCUT2D eigenvalue weighted by atomic mass is 10.1. The van der Waals surface area contributed by atoms with Crippen LogP contribution in [0, 0.1) is 0 Å². The Bertz CT molecular complexity index is 616. The van der Waals surface area contributed by atoms with Crippen LogP contribution in [-0.2, 0) is 0 Å². The Hall–Kier alpha value is -1.91. The van der Waals surface area contributed by atoms with Gasteiger partial charge in [-0.1, -0.05) is 17.7 Å². The van der Waals surface area contributed by atoms with Gasteiger partial charge in [0.25, 0.3) is 0 Å². The highest BCUT2D eigenvalue weighted by molar-refractivity contribution is 6.30. The van der Waals surface area contributed by atoms with Gasteiger partial charge in [-0.3, -0.25) is 0 Å². The van der Waals surface area contributed by atoms with Crippen LogP contribution in [0.5, 0.6) is 11.5 Å². The molecular formula is C15H15ClN2O2. The summed E-state index contributed by atoms with van der Waals surface area (Å²) in [6.45, 7) is 2.53. The van der Waals surface area contributed by atoms with Crippen molar-refractivity contribution in [2.45, 2.75) is 13.1 Å². The highest BCUT2D eigenvalue weighted by Crippen LogP contribution is 2.42. The summed E-state index contributed by atoms with van der Waals surface area (Å²) >= 11 is 5.90. The fraction of sp³-hybridized carbons (Fsp3) is 0.200. The van der Waals surface area contributed by atoms with Crippen molar-refractivity contribution < 1.29 is 9.57 Å². The molecule has 2 N–H and O–H groups in total. The van der Waals surface area contributed by atoms with E-state index in [0.29, 0.717) is 11.6 Å². The average Bonchev–Trinajstić information content (AvgIpc) is 2.79. The number of nitrogens with two attached hydrogens (primary N) is 1. The zero-order valence-corrected chi connectivity index (χ0v) is 11.8. The largest absolute Gasteiger partial charge is 0.493 e. The van der Waals surface area contributed by atoms with Crippen molar-refractivity contribution in [3.05, 3.63) is 53.1 Å². The molecule has 2 aromatic carbocycles. The van der Waals surface area contributed by atoms with E-state index in [0.717, 1.165) is 22.7 Å². The molecule has 1 unspecified atom stereocenters. The summed E-state index contributed by atoms with van der Waals surface area (Å²) in [7, 11) is 0. The molecule has 1 aliphatic heterocycles. The summed E-state index contributed by atoms with van der Waals surface area (Å²) in [6, 6.07) is 13.0. The minimum atomic E-state index is -0.408. The molecule has 0 aliphatic carbocycles. The second-order valence-corrected chi connectivity index (χ2v) is 4.88. The first-order valence-corrected chi connectivity index (χ1v) is 6.82. The van der Waals surface area contributed by atoms with Gasteiger partial charge in [0, 0.05) is 5.02 Å². The molecule has 1 aliphatic rings. The molecule has 104 valence electrons.